The van der Waals surface area contributed by atoms with Crippen LogP contribution in [0.1, 0.15) is 34.0 Å². The fraction of sp³-hybridized carbons (Fsp3) is 0.267. The molecule has 94 valence electrons. The Morgan fingerprint density at radius 1 is 1.11 bits per heavy atom. The van der Waals surface area contributed by atoms with Crippen molar-refractivity contribution in [3.63, 3.8) is 0 Å². The lowest BCUT2D eigenvalue weighted by atomic mass is 9.95. The Labute approximate surface area is 108 Å². The van der Waals surface area contributed by atoms with E-state index in [4.69, 9.17) is 5.84 Å². The summed E-state index contributed by atoms with van der Waals surface area (Å²) < 4.78 is 0. The lowest BCUT2D eigenvalue weighted by molar-refractivity contribution is 0.614. The normalized spacial score (nSPS) is 12.4. The number of hydrazine groups is 1. The van der Waals surface area contributed by atoms with Gasteiger partial charge in [0.05, 0.1) is 11.7 Å². The third-order valence-electron chi connectivity index (χ3n) is 3.23. The molecule has 0 radical (unpaired) electrons. The molecule has 2 rings (SSSR count). The van der Waals surface area contributed by atoms with Crippen molar-refractivity contribution in [1.82, 2.24) is 10.4 Å². The first kappa shape index (κ1) is 12.7. The number of nitrogens with one attached hydrogen (secondary N) is 1. The van der Waals surface area contributed by atoms with Crippen LogP contribution in [0.25, 0.3) is 0 Å². The Balaban J connectivity index is 2.49. The van der Waals surface area contributed by atoms with Crippen LogP contribution in [-0.4, -0.2) is 4.98 Å². The van der Waals surface area contributed by atoms with E-state index in [1.165, 1.54) is 16.7 Å². The second kappa shape index (κ2) is 5.29. The molecule has 3 N–H and O–H groups in total. The number of rotatable bonds is 3. The number of nitrogens with zero attached hydrogens (tertiary/aromatic N) is 1. The molecule has 0 aliphatic carbocycles. The number of hydrogen-bond donors (Lipinski definition) is 2. The van der Waals surface area contributed by atoms with Gasteiger partial charge in [0.1, 0.15) is 0 Å². The zero-order chi connectivity index (χ0) is 13.1. The maximum absolute atomic E-state index is 5.72. The summed E-state index contributed by atoms with van der Waals surface area (Å²) >= 11 is 0. The van der Waals surface area contributed by atoms with Gasteiger partial charge in [-0.15, -0.1) is 0 Å². The Kier molecular flexibility index (Phi) is 3.75. The standard InChI is InChI=1S/C15H19N3/c1-10-6-7-13(12(3)9-10)15(18-16)14-11(2)5-4-8-17-14/h4-9,15,18H,16H2,1-3H3. The fourth-order valence-corrected chi connectivity index (χ4v) is 2.27. The number of hydrogen-bond acceptors (Lipinski definition) is 3. The molecule has 1 heterocycles. The Morgan fingerprint density at radius 3 is 2.50 bits per heavy atom. The molecule has 3 nitrogen and oxygen atoms in total. The van der Waals surface area contributed by atoms with E-state index in [2.05, 4.69) is 55.4 Å². The van der Waals surface area contributed by atoms with Crippen molar-refractivity contribution in [2.45, 2.75) is 26.8 Å². The minimum absolute atomic E-state index is 0.0631. The number of benzene rings is 1. The van der Waals surface area contributed by atoms with Gasteiger partial charge in [0.15, 0.2) is 0 Å². The van der Waals surface area contributed by atoms with Gasteiger partial charge in [-0.05, 0) is 43.5 Å². The summed E-state index contributed by atoms with van der Waals surface area (Å²) in [5.74, 6) is 5.72. The first-order chi connectivity index (χ1) is 8.63. The Morgan fingerprint density at radius 2 is 1.89 bits per heavy atom. The zero-order valence-corrected chi connectivity index (χ0v) is 11.1. The molecule has 3 heteroatoms. The smallest absolute Gasteiger partial charge is 0.0886 e. The van der Waals surface area contributed by atoms with Crippen molar-refractivity contribution in [1.29, 1.82) is 0 Å². The highest BCUT2D eigenvalue weighted by Gasteiger charge is 2.17. The lowest BCUT2D eigenvalue weighted by Gasteiger charge is -2.20. The second-order valence-electron chi connectivity index (χ2n) is 4.67. The third-order valence-corrected chi connectivity index (χ3v) is 3.23. The van der Waals surface area contributed by atoms with Crippen LogP contribution in [-0.2, 0) is 0 Å². The molecule has 0 bridgehead atoms. The molecule has 0 aliphatic heterocycles. The summed E-state index contributed by atoms with van der Waals surface area (Å²) in [5, 5.41) is 0. The first-order valence-corrected chi connectivity index (χ1v) is 6.08. The van der Waals surface area contributed by atoms with Gasteiger partial charge in [0.25, 0.3) is 0 Å². The van der Waals surface area contributed by atoms with Gasteiger partial charge in [-0.2, -0.15) is 0 Å². The molecule has 0 aliphatic rings. The highest BCUT2D eigenvalue weighted by molar-refractivity contribution is 5.38. The number of aryl methyl sites for hydroxylation is 3. The van der Waals surface area contributed by atoms with E-state index in [9.17, 15) is 0 Å². The summed E-state index contributed by atoms with van der Waals surface area (Å²) in [6.45, 7) is 6.24. The van der Waals surface area contributed by atoms with E-state index >= 15 is 0 Å². The molecule has 1 unspecified atom stereocenters. The molecule has 18 heavy (non-hydrogen) atoms. The summed E-state index contributed by atoms with van der Waals surface area (Å²) in [6.07, 6.45) is 1.80. The van der Waals surface area contributed by atoms with E-state index in [1.54, 1.807) is 6.20 Å². The van der Waals surface area contributed by atoms with Crippen molar-refractivity contribution in [3.8, 4) is 0 Å². The summed E-state index contributed by atoms with van der Waals surface area (Å²) in [5.41, 5.74) is 8.64. The van der Waals surface area contributed by atoms with Crippen LogP contribution >= 0.6 is 0 Å². The van der Waals surface area contributed by atoms with E-state index in [1.807, 2.05) is 6.07 Å². The molecule has 0 saturated carbocycles. The van der Waals surface area contributed by atoms with Crippen molar-refractivity contribution in [2.24, 2.45) is 5.84 Å². The van der Waals surface area contributed by atoms with Crippen molar-refractivity contribution < 1.29 is 0 Å². The summed E-state index contributed by atoms with van der Waals surface area (Å²) in [4.78, 5) is 4.45. The van der Waals surface area contributed by atoms with Crippen LogP contribution in [0.3, 0.4) is 0 Å². The van der Waals surface area contributed by atoms with Crippen LogP contribution in [0.15, 0.2) is 36.5 Å². The van der Waals surface area contributed by atoms with Crippen molar-refractivity contribution in [3.05, 3.63) is 64.5 Å². The molecule has 0 saturated heterocycles. The van der Waals surface area contributed by atoms with Gasteiger partial charge in [-0.25, -0.2) is 5.43 Å². The van der Waals surface area contributed by atoms with Crippen molar-refractivity contribution in [2.75, 3.05) is 0 Å². The quantitative estimate of drug-likeness (QED) is 0.641. The number of pyridine rings is 1. The molecule has 0 spiro atoms. The van der Waals surface area contributed by atoms with E-state index in [0.717, 1.165) is 11.3 Å². The maximum atomic E-state index is 5.72. The van der Waals surface area contributed by atoms with Gasteiger partial charge in [0, 0.05) is 6.20 Å². The Hall–Kier alpha value is -1.71. The van der Waals surface area contributed by atoms with E-state index in [0.29, 0.717) is 0 Å². The topological polar surface area (TPSA) is 50.9 Å². The van der Waals surface area contributed by atoms with Gasteiger partial charge >= 0.3 is 0 Å². The second-order valence-corrected chi connectivity index (χ2v) is 4.67. The van der Waals surface area contributed by atoms with Crippen LogP contribution in [0.4, 0.5) is 0 Å². The van der Waals surface area contributed by atoms with Crippen LogP contribution in [0.5, 0.6) is 0 Å². The molecular weight excluding hydrogens is 222 g/mol. The minimum Gasteiger partial charge on any atom is -0.271 e. The SMILES string of the molecule is Cc1ccc(C(NN)c2ncccc2C)c(C)c1. The highest BCUT2D eigenvalue weighted by Crippen LogP contribution is 2.25. The molecule has 2 aromatic rings. The zero-order valence-electron chi connectivity index (χ0n) is 11.1. The molecular formula is C15H19N3. The average Bonchev–Trinajstić information content (AvgIpc) is 2.34. The predicted molar refractivity (Wildman–Crippen MR) is 74.1 cm³/mol. The fourth-order valence-electron chi connectivity index (χ4n) is 2.27. The summed E-state index contributed by atoms with van der Waals surface area (Å²) in [7, 11) is 0. The monoisotopic (exact) mass is 241 g/mol. The Bertz CT molecular complexity index is 549. The molecule has 1 aromatic heterocycles. The predicted octanol–water partition coefficient (Wildman–Crippen LogP) is 2.56. The van der Waals surface area contributed by atoms with E-state index < -0.39 is 0 Å². The molecule has 1 atom stereocenters. The van der Waals surface area contributed by atoms with Crippen LogP contribution in [0.2, 0.25) is 0 Å². The third kappa shape index (κ3) is 2.42. The van der Waals surface area contributed by atoms with Gasteiger partial charge in [-0.3, -0.25) is 10.8 Å². The molecule has 0 amide bonds. The molecule has 0 fully saturated rings. The maximum Gasteiger partial charge on any atom is 0.0886 e. The molecule has 1 aromatic carbocycles. The van der Waals surface area contributed by atoms with Gasteiger partial charge in [-0.1, -0.05) is 29.8 Å². The first-order valence-electron chi connectivity index (χ1n) is 6.08. The number of nitrogens with two attached hydrogens (primary N) is 1. The van der Waals surface area contributed by atoms with Crippen molar-refractivity contribution >= 4 is 0 Å². The van der Waals surface area contributed by atoms with E-state index in [-0.39, 0.29) is 6.04 Å². The minimum atomic E-state index is -0.0631. The highest BCUT2D eigenvalue weighted by atomic mass is 15.2. The number of aromatic nitrogens is 1. The van der Waals surface area contributed by atoms with Gasteiger partial charge in [0.2, 0.25) is 0 Å². The average molecular weight is 241 g/mol. The summed E-state index contributed by atoms with van der Waals surface area (Å²) in [6, 6.07) is 10.3. The van der Waals surface area contributed by atoms with Gasteiger partial charge < -0.3 is 0 Å². The lowest BCUT2D eigenvalue weighted by Crippen LogP contribution is -2.30. The largest absolute Gasteiger partial charge is 0.271 e. The van der Waals surface area contributed by atoms with Crippen LogP contribution < -0.4 is 11.3 Å². The van der Waals surface area contributed by atoms with Crippen LogP contribution in [0, 0.1) is 20.8 Å².